The van der Waals surface area contributed by atoms with Crippen LogP contribution in [0.1, 0.15) is 36.8 Å². The summed E-state index contributed by atoms with van der Waals surface area (Å²) < 4.78 is 14.0. The summed E-state index contributed by atoms with van der Waals surface area (Å²) in [6, 6.07) is 17.0. The Bertz CT molecular complexity index is 1760. The second-order valence-corrected chi connectivity index (χ2v) is 11.8. The van der Waals surface area contributed by atoms with Gasteiger partial charge in [0, 0.05) is 72.8 Å². The molecule has 3 heterocycles. The second kappa shape index (κ2) is 15.9. The number of unbranched alkanes of at least 4 members (excludes halogenated alkanes) is 2. The maximum Gasteiger partial charge on any atom is 0.260 e. The Labute approximate surface area is 278 Å². The highest BCUT2D eigenvalue weighted by Crippen LogP contribution is 2.24. The SMILES string of the molecule is COc1ccc(NCc2cn(CCCCCl)c(=O)c3cc4c(=O)n(CCCCCl)cc(CNc5ccc(OC)cc5)c4nc23)cc1. The zero-order valence-corrected chi connectivity index (χ0v) is 27.7. The predicted octanol–water partition coefficient (Wildman–Crippen LogP) is 6.99. The number of halogens is 2. The topological polar surface area (TPSA) is 99.4 Å². The van der Waals surface area contributed by atoms with Crippen LogP contribution in [0.5, 0.6) is 11.5 Å². The molecule has 11 heteroatoms. The lowest BCUT2D eigenvalue weighted by Gasteiger charge is -2.17. The highest BCUT2D eigenvalue weighted by atomic mass is 35.5. The van der Waals surface area contributed by atoms with Crippen molar-refractivity contribution in [2.45, 2.75) is 51.9 Å². The minimum Gasteiger partial charge on any atom is -0.497 e. The summed E-state index contributed by atoms with van der Waals surface area (Å²) in [5, 5.41) is 7.74. The normalized spacial score (nSPS) is 11.2. The number of pyridine rings is 3. The smallest absolute Gasteiger partial charge is 0.260 e. The van der Waals surface area contributed by atoms with Crippen molar-refractivity contribution >= 4 is 56.4 Å². The first kappa shape index (κ1) is 33.2. The molecule has 0 atom stereocenters. The summed E-state index contributed by atoms with van der Waals surface area (Å²) in [4.78, 5) is 32.7. The number of hydrogen-bond acceptors (Lipinski definition) is 7. The molecule has 3 aromatic heterocycles. The van der Waals surface area contributed by atoms with E-state index in [0.717, 1.165) is 59.7 Å². The van der Waals surface area contributed by atoms with Gasteiger partial charge in [-0.3, -0.25) is 9.59 Å². The van der Waals surface area contributed by atoms with Gasteiger partial charge in [-0.1, -0.05) is 0 Å². The predicted molar refractivity (Wildman–Crippen MR) is 188 cm³/mol. The van der Waals surface area contributed by atoms with E-state index in [1.807, 2.05) is 60.9 Å². The Kier molecular flexibility index (Phi) is 11.4. The molecule has 5 aromatic rings. The van der Waals surface area contributed by atoms with Gasteiger partial charge in [-0.2, -0.15) is 0 Å². The van der Waals surface area contributed by atoms with Crippen LogP contribution in [0.25, 0.3) is 21.8 Å². The van der Waals surface area contributed by atoms with Gasteiger partial charge in [0.25, 0.3) is 11.1 Å². The molecule has 46 heavy (non-hydrogen) atoms. The molecule has 0 amide bonds. The van der Waals surface area contributed by atoms with Crippen molar-refractivity contribution in [3.05, 3.63) is 98.8 Å². The van der Waals surface area contributed by atoms with Gasteiger partial charge in [0.1, 0.15) is 11.5 Å². The third kappa shape index (κ3) is 7.77. The van der Waals surface area contributed by atoms with Gasteiger partial charge in [-0.25, -0.2) is 4.98 Å². The minimum absolute atomic E-state index is 0.179. The molecule has 5 rings (SSSR count). The molecule has 0 spiro atoms. The number of aromatic nitrogens is 3. The molecule has 9 nitrogen and oxygen atoms in total. The van der Waals surface area contributed by atoms with Crippen LogP contribution in [0.15, 0.2) is 76.6 Å². The molecule has 0 radical (unpaired) electrons. The molecule has 2 N–H and O–H groups in total. The molecule has 0 aliphatic carbocycles. The number of aryl methyl sites for hydroxylation is 2. The van der Waals surface area contributed by atoms with Crippen LogP contribution in [-0.4, -0.2) is 40.1 Å². The van der Waals surface area contributed by atoms with E-state index in [-0.39, 0.29) is 11.1 Å². The van der Waals surface area contributed by atoms with E-state index in [1.165, 1.54) is 0 Å². The number of nitrogens with one attached hydrogen (secondary N) is 2. The maximum atomic E-state index is 13.8. The maximum absolute atomic E-state index is 13.8. The Morgan fingerprint density at radius 2 is 1.07 bits per heavy atom. The van der Waals surface area contributed by atoms with E-state index < -0.39 is 0 Å². The number of alkyl halides is 2. The third-order valence-electron chi connectivity index (χ3n) is 7.95. The fraction of sp³-hybridized carbons (Fsp3) is 0.343. The Morgan fingerprint density at radius 1 is 0.652 bits per heavy atom. The number of nitrogens with zero attached hydrogens (tertiary/aromatic N) is 3. The summed E-state index contributed by atoms with van der Waals surface area (Å²) in [6.07, 6.45) is 6.84. The van der Waals surface area contributed by atoms with E-state index in [1.54, 1.807) is 29.4 Å². The lowest BCUT2D eigenvalue weighted by atomic mass is 10.1. The van der Waals surface area contributed by atoms with E-state index in [4.69, 9.17) is 37.7 Å². The van der Waals surface area contributed by atoms with Crippen molar-refractivity contribution in [2.75, 3.05) is 36.6 Å². The summed E-state index contributed by atoms with van der Waals surface area (Å²) in [5.41, 5.74) is 4.27. The molecule has 0 saturated heterocycles. The summed E-state index contributed by atoms with van der Waals surface area (Å²) in [5.74, 6) is 2.58. The van der Waals surface area contributed by atoms with Gasteiger partial charge in [0.05, 0.1) is 36.0 Å². The van der Waals surface area contributed by atoms with Crippen molar-refractivity contribution in [2.24, 2.45) is 0 Å². The van der Waals surface area contributed by atoms with Crippen LogP contribution < -0.4 is 31.2 Å². The van der Waals surface area contributed by atoms with E-state index in [2.05, 4.69) is 10.6 Å². The second-order valence-electron chi connectivity index (χ2n) is 11.0. The van der Waals surface area contributed by atoms with E-state index >= 15 is 0 Å². The average molecular weight is 665 g/mol. The average Bonchev–Trinajstić information content (AvgIpc) is 3.09. The fourth-order valence-electron chi connectivity index (χ4n) is 5.41. The first-order chi connectivity index (χ1) is 22.4. The number of ether oxygens (including phenoxy) is 2. The van der Waals surface area contributed by atoms with Crippen LogP contribution in [0.4, 0.5) is 11.4 Å². The van der Waals surface area contributed by atoms with Gasteiger partial charge < -0.3 is 29.2 Å². The van der Waals surface area contributed by atoms with Crippen LogP contribution in [0.2, 0.25) is 0 Å². The highest BCUT2D eigenvalue weighted by Gasteiger charge is 2.17. The number of benzene rings is 2. The van der Waals surface area contributed by atoms with Crippen LogP contribution >= 0.6 is 23.2 Å². The van der Waals surface area contributed by atoms with Gasteiger partial charge in [-0.05, 0) is 80.3 Å². The van der Waals surface area contributed by atoms with Crippen LogP contribution in [-0.2, 0) is 26.2 Å². The van der Waals surface area contributed by atoms with Crippen molar-refractivity contribution < 1.29 is 9.47 Å². The van der Waals surface area contributed by atoms with Gasteiger partial charge >= 0.3 is 0 Å². The summed E-state index contributed by atoms with van der Waals surface area (Å²) in [7, 11) is 3.26. The minimum atomic E-state index is -0.179. The Hall–Kier alpha value is -4.21. The summed E-state index contributed by atoms with van der Waals surface area (Å²) in [6.45, 7) is 1.88. The molecular weight excluding hydrogens is 625 g/mol. The van der Waals surface area contributed by atoms with Crippen molar-refractivity contribution in [3.63, 3.8) is 0 Å². The number of fused-ring (bicyclic) bond motifs is 2. The molecule has 242 valence electrons. The first-order valence-electron chi connectivity index (χ1n) is 15.4. The number of hydrogen-bond donors (Lipinski definition) is 2. The molecule has 0 saturated carbocycles. The molecule has 0 unspecified atom stereocenters. The zero-order valence-electron chi connectivity index (χ0n) is 26.2. The Morgan fingerprint density at radius 3 is 1.43 bits per heavy atom. The van der Waals surface area contributed by atoms with Crippen molar-refractivity contribution in [1.82, 2.24) is 14.1 Å². The molecule has 0 bridgehead atoms. The van der Waals surface area contributed by atoms with E-state index in [0.29, 0.717) is 59.7 Å². The first-order valence-corrected chi connectivity index (χ1v) is 16.5. The summed E-state index contributed by atoms with van der Waals surface area (Å²) >= 11 is 11.9. The molecule has 0 fully saturated rings. The molecule has 0 aliphatic heterocycles. The van der Waals surface area contributed by atoms with Crippen molar-refractivity contribution in [1.29, 1.82) is 0 Å². The van der Waals surface area contributed by atoms with Crippen LogP contribution in [0, 0.1) is 0 Å². The van der Waals surface area contributed by atoms with Gasteiger partial charge in [-0.15, -0.1) is 23.2 Å². The standard InChI is InChI=1S/C35H39Cl2N5O4/c1-45-28-11-7-26(8-12-28)38-20-24-22-41(17-5-3-15-36)34(43)30-19-31-33(40-32(24)30)25(23-42(35(31)44)18-6-4-16-37)21-39-27-9-13-29(46-2)14-10-27/h7-14,19,22-23,38-39H,3-6,15-18,20-21H2,1-2H3. The molecule has 0 aliphatic rings. The van der Waals surface area contributed by atoms with Gasteiger partial charge in [0.15, 0.2) is 0 Å². The Balaban J connectivity index is 1.62. The largest absolute Gasteiger partial charge is 0.497 e. The van der Waals surface area contributed by atoms with Gasteiger partial charge in [0.2, 0.25) is 0 Å². The number of anilines is 2. The number of rotatable bonds is 16. The monoisotopic (exact) mass is 663 g/mol. The third-order valence-corrected chi connectivity index (χ3v) is 8.48. The zero-order chi connectivity index (χ0) is 32.5. The lowest BCUT2D eigenvalue weighted by Crippen LogP contribution is -2.25. The molecule has 2 aromatic carbocycles. The van der Waals surface area contributed by atoms with Crippen LogP contribution in [0.3, 0.4) is 0 Å². The number of methoxy groups -OCH3 is 2. The quantitative estimate of drug-likeness (QED) is 0.0667. The van der Waals surface area contributed by atoms with Crippen molar-refractivity contribution in [3.8, 4) is 11.5 Å². The fourth-order valence-corrected chi connectivity index (χ4v) is 5.79. The van der Waals surface area contributed by atoms with E-state index in [9.17, 15) is 9.59 Å². The molecular formula is C35H39Cl2N5O4. The lowest BCUT2D eigenvalue weighted by molar-refractivity contribution is 0.415. The highest BCUT2D eigenvalue weighted by molar-refractivity contribution is 6.18.